The van der Waals surface area contributed by atoms with E-state index < -0.39 is 5.91 Å². The van der Waals surface area contributed by atoms with Gasteiger partial charge in [0.15, 0.2) is 4.67 Å². The van der Waals surface area contributed by atoms with E-state index in [4.69, 9.17) is 9.68 Å². The van der Waals surface area contributed by atoms with Gasteiger partial charge in [-0.2, -0.15) is 5.26 Å². The molecule has 0 aliphatic carbocycles. The molecule has 1 amide bonds. The summed E-state index contributed by atoms with van der Waals surface area (Å²) in [5.41, 5.74) is 0.975. The normalized spacial score (nSPS) is 12.5. The predicted molar refractivity (Wildman–Crippen MR) is 83.0 cm³/mol. The van der Waals surface area contributed by atoms with Gasteiger partial charge in [-0.1, -0.05) is 30.3 Å². The number of carbonyl (C=O) groups excluding carboxylic acids is 1. The molecule has 0 saturated heterocycles. The quantitative estimate of drug-likeness (QED) is 0.677. The first-order valence-corrected chi connectivity index (χ1v) is 7.12. The van der Waals surface area contributed by atoms with Crippen molar-refractivity contribution >= 4 is 27.9 Å². The molecule has 106 valence electrons. The summed E-state index contributed by atoms with van der Waals surface area (Å²) in [6.45, 7) is 1.87. The molecule has 0 bridgehead atoms. The molecule has 1 atom stereocenters. The van der Waals surface area contributed by atoms with Crippen LogP contribution in [0.5, 0.6) is 0 Å². The molecular weight excluding hydrogens is 332 g/mol. The lowest BCUT2D eigenvalue weighted by Crippen LogP contribution is -2.27. The Morgan fingerprint density at radius 3 is 2.62 bits per heavy atom. The number of hydrogen-bond donors (Lipinski definition) is 1. The second-order valence-electron chi connectivity index (χ2n) is 4.42. The number of benzene rings is 1. The van der Waals surface area contributed by atoms with Crippen molar-refractivity contribution in [3.8, 4) is 6.07 Å². The van der Waals surface area contributed by atoms with E-state index in [9.17, 15) is 4.79 Å². The minimum Gasteiger partial charge on any atom is -0.450 e. The lowest BCUT2D eigenvalue weighted by Gasteiger charge is -2.13. The van der Waals surface area contributed by atoms with Crippen LogP contribution < -0.4 is 5.32 Å². The molecule has 5 heteroatoms. The van der Waals surface area contributed by atoms with E-state index in [1.54, 1.807) is 12.1 Å². The van der Waals surface area contributed by atoms with Crippen LogP contribution in [0.25, 0.3) is 6.08 Å². The molecule has 0 spiro atoms. The van der Waals surface area contributed by atoms with Crippen molar-refractivity contribution < 1.29 is 9.21 Å². The molecule has 1 heterocycles. The third kappa shape index (κ3) is 4.07. The molecule has 4 nitrogen and oxygen atoms in total. The summed E-state index contributed by atoms with van der Waals surface area (Å²) in [4.78, 5) is 12.1. The molecule has 0 aliphatic rings. The average molecular weight is 345 g/mol. The van der Waals surface area contributed by atoms with E-state index in [0.717, 1.165) is 5.56 Å². The Balaban J connectivity index is 2.11. The Morgan fingerprint density at radius 1 is 1.33 bits per heavy atom. The number of rotatable bonds is 4. The van der Waals surface area contributed by atoms with Crippen molar-refractivity contribution in [3.63, 3.8) is 0 Å². The minimum absolute atomic E-state index is 0.000342. The summed E-state index contributed by atoms with van der Waals surface area (Å²) in [6.07, 6.45) is 1.41. The Labute approximate surface area is 131 Å². The lowest BCUT2D eigenvalue weighted by atomic mass is 10.1. The van der Waals surface area contributed by atoms with Crippen LogP contribution in [0.3, 0.4) is 0 Å². The first kappa shape index (κ1) is 15.1. The Hall–Kier alpha value is -2.32. The molecule has 1 aromatic heterocycles. The zero-order valence-corrected chi connectivity index (χ0v) is 12.9. The van der Waals surface area contributed by atoms with E-state index in [-0.39, 0.29) is 11.6 Å². The van der Waals surface area contributed by atoms with Crippen molar-refractivity contribution in [2.75, 3.05) is 0 Å². The summed E-state index contributed by atoms with van der Waals surface area (Å²) >= 11 is 3.17. The second-order valence-corrected chi connectivity index (χ2v) is 5.20. The SMILES string of the molecule is C[C@@H](NC(=O)/C(C#N)=C/c1ccc(Br)o1)c1ccccc1. The summed E-state index contributed by atoms with van der Waals surface area (Å²) in [5, 5.41) is 11.9. The number of furan rings is 1. The van der Waals surface area contributed by atoms with Crippen molar-refractivity contribution in [2.45, 2.75) is 13.0 Å². The summed E-state index contributed by atoms with van der Waals surface area (Å²) in [6, 6.07) is 14.6. The highest BCUT2D eigenvalue weighted by atomic mass is 79.9. The average Bonchev–Trinajstić information content (AvgIpc) is 2.90. The Kier molecular flexibility index (Phi) is 4.96. The highest BCUT2D eigenvalue weighted by Gasteiger charge is 2.14. The third-order valence-electron chi connectivity index (χ3n) is 2.89. The number of amides is 1. The van der Waals surface area contributed by atoms with Crippen LogP contribution >= 0.6 is 15.9 Å². The van der Waals surface area contributed by atoms with Gasteiger partial charge in [0, 0.05) is 6.08 Å². The molecule has 0 unspecified atom stereocenters. The first-order chi connectivity index (χ1) is 10.1. The van der Waals surface area contributed by atoms with E-state index >= 15 is 0 Å². The molecular formula is C16H13BrN2O2. The highest BCUT2D eigenvalue weighted by Crippen LogP contribution is 2.17. The molecule has 0 fully saturated rings. The van der Waals surface area contributed by atoms with Crippen molar-refractivity contribution in [3.05, 3.63) is 64.0 Å². The molecule has 1 N–H and O–H groups in total. The lowest BCUT2D eigenvalue weighted by molar-refractivity contribution is -0.117. The van der Waals surface area contributed by atoms with Crippen LogP contribution in [0, 0.1) is 11.3 Å². The van der Waals surface area contributed by atoms with E-state index in [2.05, 4.69) is 21.2 Å². The van der Waals surface area contributed by atoms with Gasteiger partial charge in [0.25, 0.3) is 5.91 Å². The van der Waals surface area contributed by atoms with Gasteiger partial charge in [-0.15, -0.1) is 0 Å². The van der Waals surface area contributed by atoms with E-state index in [1.165, 1.54) is 6.08 Å². The van der Waals surface area contributed by atoms with Crippen molar-refractivity contribution in [2.24, 2.45) is 0 Å². The van der Waals surface area contributed by atoms with Crippen LogP contribution in [0.1, 0.15) is 24.3 Å². The van der Waals surface area contributed by atoms with E-state index in [0.29, 0.717) is 10.4 Å². The molecule has 2 aromatic rings. The van der Waals surface area contributed by atoms with Crippen LogP contribution in [-0.2, 0) is 4.79 Å². The molecule has 0 aliphatic heterocycles. The fourth-order valence-corrected chi connectivity index (χ4v) is 2.12. The number of nitrogens with zero attached hydrogens (tertiary/aromatic N) is 1. The number of nitriles is 1. The van der Waals surface area contributed by atoms with Crippen molar-refractivity contribution in [1.82, 2.24) is 5.32 Å². The third-order valence-corrected chi connectivity index (χ3v) is 3.32. The van der Waals surface area contributed by atoms with Crippen LogP contribution in [0.15, 0.2) is 57.1 Å². The zero-order valence-electron chi connectivity index (χ0n) is 11.3. The first-order valence-electron chi connectivity index (χ1n) is 6.33. The number of hydrogen-bond acceptors (Lipinski definition) is 3. The largest absolute Gasteiger partial charge is 0.450 e. The molecule has 21 heavy (non-hydrogen) atoms. The van der Waals surface area contributed by atoms with Crippen molar-refractivity contribution in [1.29, 1.82) is 5.26 Å². The molecule has 2 rings (SSSR count). The van der Waals surface area contributed by atoms with Gasteiger partial charge >= 0.3 is 0 Å². The fraction of sp³-hybridized carbons (Fsp3) is 0.125. The Morgan fingerprint density at radius 2 is 2.05 bits per heavy atom. The monoisotopic (exact) mass is 344 g/mol. The van der Waals surface area contributed by atoms with E-state index in [1.807, 2.05) is 43.3 Å². The van der Waals surface area contributed by atoms with Crippen LogP contribution in [0.4, 0.5) is 0 Å². The minimum atomic E-state index is -0.429. The van der Waals surface area contributed by atoms with Crippen LogP contribution in [-0.4, -0.2) is 5.91 Å². The molecule has 1 aromatic carbocycles. The van der Waals surface area contributed by atoms with Gasteiger partial charge in [-0.3, -0.25) is 4.79 Å². The standard InChI is InChI=1S/C16H13BrN2O2/c1-11(12-5-3-2-4-6-12)19-16(20)13(10-18)9-14-7-8-15(17)21-14/h2-9,11H,1H3,(H,19,20)/b13-9+/t11-/m1/s1. The van der Waals surface area contributed by atoms with Gasteiger partial charge in [-0.25, -0.2) is 0 Å². The maximum absolute atomic E-state index is 12.1. The predicted octanol–water partition coefficient (Wildman–Crippen LogP) is 3.83. The molecule has 0 radical (unpaired) electrons. The van der Waals surface area contributed by atoms with Gasteiger partial charge in [0.2, 0.25) is 0 Å². The molecule has 0 saturated carbocycles. The maximum Gasteiger partial charge on any atom is 0.262 e. The fourth-order valence-electron chi connectivity index (χ4n) is 1.80. The second kappa shape index (κ2) is 6.91. The topological polar surface area (TPSA) is 66.0 Å². The van der Waals surface area contributed by atoms with Crippen LogP contribution in [0.2, 0.25) is 0 Å². The zero-order chi connectivity index (χ0) is 15.2. The van der Waals surface area contributed by atoms with Gasteiger partial charge in [-0.05, 0) is 40.5 Å². The number of nitrogens with one attached hydrogen (secondary N) is 1. The number of halogens is 1. The Bertz CT molecular complexity index is 699. The van der Waals surface area contributed by atoms with Gasteiger partial charge in [0.05, 0.1) is 6.04 Å². The maximum atomic E-state index is 12.1. The van der Waals surface area contributed by atoms with Gasteiger partial charge < -0.3 is 9.73 Å². The smallest absolute Gasteiger partial charge is 0.262 e. The summed E-state index contributed by atoms with van der Waals surface area (Å²) < 4.78 is 5.81. The highest BCUT2D eigenvalue weighted by molar-refractivity contribution is 9.10. The van der Waals surface area contributed by atoms with Gasteiger partial charge in [0.1, 0.15) is 17.4 Å². The number of carbonyl (C=O) groups is 1. The summed E-state index contributed by atoms with van der Waals surface area (Å²) in [5.74, 6) is 0.0160. The summed E-state index contributed by atoms with van der Waals surface area (Å²) in [7, 11) is 0.